The minimum absolute atomic E-state index is 0.440. The maximum Gasteiger partial charge on any atom is 0.138 e. The average Bonchev–Trinajstić information content (AvgIpc) is 2.10. The number of benzene rings is 1. The van der Waals surface area contributed by atoms with E-state index >= 15 is 0 Å². The lowest BCUT2D eigenvalue weighted by molar-refractivity contribution is 0.414. The molecule has 0 aromatic heterocycles. The first-order valence-electron chi connectivity index (χ1n) is 3.28. The van der Waals surface area contributed by atoms with E-state index in [1.54, 1.807) is 12.1 Å². The molecule has 0 aliphatic rings. The lowest BCUT2D eigenvalue weighted by Gasteiger charge is -2.05. The van der Waals surface area contributed by atoms with Gasteiger partial charge in [-0.15, -0.1) is 0 Å². The number of methoxy groups -OCH3 is 1. The van der Waals surface area contributed by atoms with E-state index in [4.69, 9.17) is 33.2 Å². The lowest BCUT2D eigenvalue weighted by atomic mass is 10.3. The summed E-state index contributed by atoms with van der Waals surface area (Å²) < 4.78 is 4.97. The molecule has 0 aliphatic heterocycles. The van der Waals surface area contributed by atoms with E-state index in [-0.39, 0.29) is 0 Å². The molecule has 1 rings (SSSR count). The first kappa shape index (κ1) is 10.5. The monoisotopic (exact) mass is 233 g/mol. The van der Waals surface area contributed by atoms with Crippen LogP contribution in [0.2, 0.25) is 10.0 Å². The van der Waals surface area contributed by atoms with Crippen LogP contribution < -0.4 is 4.74 Å². The third kappa shape index (κ3) is 2.44. The molecular formula is C8H5Cl2NOS. The predicted molar refractivity (Wildman–Crippen MR) is 54.5 cm³/mol. The van der Waals surface area contributed by atoms with Crippen molar-refractivity contribution in [3.05, 3.63) is 22.2 Å². The maximum absolute atomic E-state index is 8.46. The van der Waals surface area contributed by atoms with Crippen LogP contribution in [0.25, 0.3) is 0 Å². The number of nitriles is 1. The van der Waals surface area contributed by atoms with Gasteiger partial charge in [0.25, 0.3) is 0 Å². The number of nitrogens with zero attached hydrogens (tertiary/aromatic N) is 1. The quantitative estimate of drug-likeness (QED) is 0.579. The molecule has 0 unspecified atom stereocenters. The third-order valence-electron chi connectivity index (χ3n) is 1.36. The summed E-state index contributed by atoms with van der Waals surface area (Å²) in [5.41, 5.74) is 0. The molecule has 0 spiro atoms. The van der Waals surface area contributed by atoms with E-state index in [2.05, 4.69) is 0 Å². The molecule has 0 aliphatic carbocycles. The first-order valence-corrected chi connectivity index (χ1v) is 4.85. The summed E-state index contributed by atoms with van der Waals surface area (Å²) in [7, 11) is 1.51. The van der Waals surface area contributed by atoms with E-state index in [1.165, 1.54) is 7.11 Å². The highest BCUT2D eigenvalue weighted by Crippen LogP contribution is 2.35. The highest BCUT2D eigenvalue weighted by molar-refractivity contribution is 8.03. The van der Waals surface area contributed by atoms with Crippen LogP contribution in [0, 0.1) is 10.7 Å². The van der Waals surface area contributed by atoms with Crippen LogP contribution in [0.4, 0.5) is 0 Å². The summed E-state index contributed by atoms with van der Waals surface area (Å²) in [6.45, 7) is 0. The summed E-state index contributed by atoms with van der Waals surface area (Å²) in [6, 6.07) is 3.19. The van der Waals surface area contributed by atoms with Crippen molar-refractivity contribution in [2.75, 3.05) is 7.11 Å². The van der Waals surface area contributed by atoms with Crippen molar-refractivity contribution in [1.29, 1.82) is 5.26 Å². The summed E-state index contributed by atoms with van der Waals surface area (Å²) in [6.07, 6.45) is 0. The highest BCUT2D eigenvalue weighted by Gasteiger charge is 2.07. The summed E-state index contributed by atoms with van der Waals surface area (Å²) in [5, 5.41) is 11.3. The standard InChI is InChI=1S/C8H5Cl2NOS/c1-12-7-3-8(13-4-11)6(10)2-5(7)9/h2-3H,1H3. The molecule has 13 heavy (non-hydrogen) atoms. The fourth-order valence-corrected chi connectivity index (χ4v) is 1.79. The number of hydrogen-bond donors (Lipinski definition) is 0. The van der Waals surface area contributed by atoms with Gasteiger partial charge in [-0.05, 0) is 23.9 Å². The number of thiocyanates is 1. The fraction of sp³-hybridized carbons (Fsp3) is 0.125. The van der Waals surface area contributed by atoms with Crippen LogP contribution in [0.3, 0.4) is 0 Å². The second-order valence-corrected chi connectivity index (χ2v) is 3.75. The Bertz CT molecular complexity index is 362. The molecule has 68 valence electrons. The van der Waals surface area contributed by atoms with Gasteiger partial charge >= 0.3 is 0 Å². The van der Waals surface area contributed by atoms with Gasteiger partial charge in [0.1, 0.15) is 11.2 Å². The summed E-state index contributed by atoms with van der Waals surface area (Å²) in [4.78, 5) is 0.644. The van der Waals surface area contributed by atoms with Gasteiger partial charge in [-0.1, -0.05) is 23.2 Å². The average molecular weight is 234 g/mol. The van der Waals surface area contributed by atoms with Crippen molar-refractivity contribution < 1.29 is 4.74 Å². The molecule has 0 saturated heterocycles. The van der Waals surface area contributed by atoms with Crippen molar-refractivity contribution in [3.63, 3.8) is 0 Å². The molecule has 1 aromatic carbocycles. The molecule has 0 saturated carbocycles. The molecule has 0 atom stereocenters. The Kier molecular flexibility index (Phi) is 3.73. The Hall–Kier alpha value is -0.560. The smallest absolute Gasteiger partial charge is 0.138 e. The van der Waals surface area contributed by atoms with Gasteiger partial charge in [0, 0.05) is 4.90 Å². The number of ether oxygens (including phenoxy) is 1. The Morgan fingerprint density at radius 1 is 1.38 bits per heavy atom. The van der Waals surface area contributed by atoms with E-state index in [9.17, 15) is 0 Å². The second kappa shape index (κ2) is 4.61. The Balaban J connectivity index is 3.16. The molecule has 0 amide bonds. The molecule has 2 nitrogen and oxygen atoms in total. The van der Waals surface area contributed by atoms with E-state index in [0.29, 0.717) is 20.7 Å². The molecular weight excluding hydrogens is 229 g/mol. The van der Waals surface area contributed by atoms with Crippen molar-refractivity contribution >= 4 is 35.0 Å². The number of hydrogen-bond acceptors (Lipinski definition) is 3. The predicted octanol–water partition coefficient (Wildman–Crippen LogP) is 3.58. The number of thioether (sulfide) groups is 1. The normalized spacial score (nSPS) is 9.38. The maximum atomic E-state index is 8.46. The van der Waals surface area contributed by atoms with Gasteiger partial charge in [-0.25, -0.2) is 0 Å². The summed E-state index contributed by atoms with van der Waals surface area (Å²) >= 11 is 12.6. The first-order chi connectivity index (χ1) is 6.19. The largest absolute Gasteiger partial charge is 0.495 e. The Morgan fingerprint density at radius 2 is 2.08 bits per heavy atom. The van der Waals surface area contributed by atoms with Crippen LogP contribution in [-0.4, -0.2) is 7.11 Å². The van der Waals surface area contributed by atoms with Gasteiger partial charge in [-0.2, -0.15) is 5.26 Å². The SMILES string of the molecule is COc1cc(SC#N)c(Cl)cc1Cl. The van der Waals surface area contributed by atoms with Crippen molar-refractivity contribution in [2.24, 2.45) is 0 Å². The molecule has 5 heteroatoms. The van der Waals surface area contributed by atoms with Gasteiger partial charge in [0.2, 0.25) is 0 Å². The van der Waals surface area contributed by atoms with Crippen LogP contribution in [-0.2, 0) is 0 Å². The Labute approximate surface area is 90.4 Å². The van der Waals surface area contributed by atoms with Gasteiger partial charge < -0.3 is 4.74 Å². The van der Waals surface area contributed by atoms with Crippen molar-refractivity contribution in [2.45, 2.75) is 4.90 Å². The second-order valence-electron chi connectivity index (χ2n) is 2.11. The zero-order valence-electron chi connectivity index (χ0n) is 6.67. The lowest BCUT2D eigenvalue weighted by Crippen LogP contribution is -1.85. The molecule has 0 bridgehead atoms. The topological polar surface area (TPSA) is 33.0 Å². The van der Waals surface area contributed by atoms with Gasteiger partial charge in [0.15, 0.2) is 0 Å². The van der Waals surface area contributed by atoms with Crippen LogP contribution in [0.1, 0.15) is 0 Å². The van der Waals surface area contributed by atoms with E-state index in [0.717, 1.165) is 11.8 Å². The molecule has 0 fully saturated rings. The highest BCUT2D eigenvalue weighted by atomic mass is 35.5. The van der Waals surface area contributed by atoms with Crippen LogP contribution in [0.5, 0.6) is 5.75 Å². The molecule has 0 radical (unpaired) electrons. The molecule has 0 heterocycles. The van der Waals surface area contributed by atoms with E-state index in [1.807, 2.05) is 5.40 Å². The minimum atomic E-state index is 0.440. The molecule has 0 N–H and O–H groups in total. The molecule has 1 aromatic rings. The Morgan fingerprint density at radius 3 is 2.62 bits per heavy atom. The van der Waals surface area contributed by atoms with E-state index < -0.39 is 0 Å². The zero-order valence-corrected chi connectivity index (χ0v) is 9.00. The van der Waals surface area contributed by atoms with Crippen LogP contribution in [0.15, 0.2) is 17.0 Å². The van der Waals surface area contributed by atoms with Crippen LogP contribution >= 0.6 is 35.0 Å². The van der Waals surface area contributed by atoms with Gasteiger partial charge in [-0.3, -0.25) is 0 Å². The zero-order chi connectivity index (χ0) is 9.84. The minimum Gasteiger partial charge on any atom is -0.495 e. The third-order valence-corrected chi connectivity index (χ3v) is 2.73. The van der Waals surface area contributed by atoms with Gasteiger partial charge in [0.05, 0.1) is 17.2 Å². The fourth-order valence-electron chi connectivity index (χ4n) is 0.794. The number of halogens is 2. The summed E-state index contributed by atoms with van der Waals surface area (Å²) in [5.74, 6) is 0.517. The number of rotatable bonds is 2. The van der Waals surface area contributed by atoms with Crippen molar-refractivity contribution in [3.8, 4) is 11.2 Å². The van der Waals surface area contributed by atoms with Crippen molar-refractivity contribution in [1.82, 2.24) is 0 Å².